The molecule has 41 heavy (non-hydrogen) atoms. The Balaban J connectivity index is 1.21. The highest BCUT2D eigenvalue weighted by Gasteiger charge is 2.42. The van der Waals surface area contributed by atoms with E-state index >= 15 is 0 Å². The van der Waals surface area contributed by atoms with E-state index < -0.39 is 6.09 Å². The number of likely N-dealkylation sites (tertiary alicyclic amines) is 1. The number of halogens is 1. The summed E-state index contributed by atoms with van der Waals surface area (Å²) in [4.78, 5) is 25.0. The van der Waals surface area contributed by atoms with Crippen LogP contribution >= 0.6 is 11.6 Å². The fourth-order valence-corrected chi connectivity index (χ4v) is 5.49. The van der Waals surface area contributed by atoms with Gasteiger partial charge in [-0.1, -0.05) is 11.6 Å². The largest absolute Gasteiger partial charge is 0.453 e. The van der Waals surface area contributed by atoms with E-state index in [9.17, 15) is 15.3 Å². The second kappa shape index (κ2) is 10.9. The molecule has 1 saturated carbocycles. The Morgan fingerprint density at radius 2 is 1.95 bits per heavy atom. The van der Waals surface area contributed by atoms with E-state index in [2.05, 4.69) is 53.0 Å². The number of hydrogen-bond donors (Lipinski definition) is 3. The fraction of sp³-hybridized carbons (Fsp3) is 0.462. The van der Waals surface area contributed by atoms with Crippen molar-refractivity contribution >= 4 is 46.5 Å². The normalized spacial score (nSPS) is 20.8. The first-order chi connectivity index (χ1) is 19.9. The number of nitrogens with zero attached hydrogens (tertiary/aromatic N) is 8. The zero-order valence-corrected chi connectivity index (χ0v) is 23.2. The Labute approximate surface area is 240 Å². The molecule has 3 fully saturated rings. The van der Waals surface area contributed by atoms with Crippen LogP contribution < -0.4 is 20.9 Å². The number of ether oxygens (including phenoxy) is 2. The Morgan fingerprint density at radius 1 is 1.15 bits per heavy atom. The zero-order valence-electron chi connectivity index (χ0n) is 22.5. The Bertz CT molecular complexity index is 1570. The minimum atomic E-state index is -0.482. The minimum Gasteiger partial charge on any atom is -0.453 e. The summed E-state index contributed by atoms with van der Waals surface area (Å²) in [5.74, 6) is 0.733. The third-order valence-electron chi connectivity index (χ3n) is 7.63. The van der Waals surface area contributed by atoms with Crippen molar-refractivity contribution in [3.05, 3.63) is 34.6 Å². The van der Waals surface area contributed by atoms with Crippen molar-refractivity contribution < 1.29 is 14.3 Å². The van der Waals surface area contributed by atoms with E-state index in [1.165, 1.54) is 17.8 Å². The second-order valence-electron chi connectivity index (χ2n) is 10.3. The molecule has 14 nitrogen and oxygen atoms in total. The molecule has 2 atom stereocenters. The third-order valence-corrected chi connectivity index (χ3v) is 8.03. The van der Waals surface area contributed by atoms with Crippen LogP contribution in [0.15, 0.2) is 18.3 Å². The number of nitriles is 2. The number of nitrogens with one attached hydrogen (secondary N) is 3. The number of fused-ring (bicyclic) bond motifs is 1. The first-order valence-electron chi connectivity index (χ1n) is 13.2. The van der Waals surface area contributed by atoms with Gasteiger partial charge < -0.3 is 30.3 Å². The van der Waals surface area contributed by atoms with Crippen LogP contribution in [0.25, 0.3) is 5.65 Å². The molecule has 0 unspecified atom stereocenters. The highest BCUT2D eigenvalue weighted by atomic mass is 35.5. The van der Waals surface area contributed by atoms with Crippen LogP contribution in [0, 0.1) is 22.7 Å². The van der Waals surface area contributed by atoms with Crippen LogP contribution in [0.2, 0.25) is 5.02 Å². The van der Waals surface area contributed by atoms with Gasteiger partial charge >= 0.3 is 6.09 Å². The number of imidazole rings is 1. The number of aromatic nitrogens is 4. The molecule has 1 amide bonds. The summed E-state index contributed by atoms with van der Waals surface area (Å²) in [6.07, 6.45) is 2.90. The lowest BCUT2D eigenvalue weighted by Gasteiger charge is -2.46. The van der Waals surface area contributed by atoms with Crippen molar-refractivity contribution in [1.29, 1.82) is 10.5 Å². The molecule has 2 aromatic heterocycles. The van der Waals surface area contributed by atoms with E-state index in [1.54, 1.807) is 19.2 Å². The van der Waals surface area contributed by atoms with Crippen molar-refractivity contribution in [1.82, 2.24) is 29.8 Å². The number of carbonyl (C=O) groups excluding carboxylic acids is 1. The quantitative estimate of drug-likeness (QED) is 0.357. The number of methoxy groups -OCH3 is 2. The van der Waals surface area contributed by atoms with Gasteiger partial charge in [0.05, 0.1) is 53.5 Å². The van der Waals surface area contributed by atoms with Crippen molar-refractivity contribution in [3.63, 3.8) is 0 Å². The summed E-state index contributed by atoms with van der Waals surface area (Å²) in [6.45, 7) is 2.70. The van der Waals surface area contributed by atoms with Gasteiger partial charge in [-0.25, -0.2) is 9.78 Å². The lowest BCUT2D eigenvalue weighted by Crippen LogP contribution is -2.59. The lowest BCUT2D eigenvalue weighted by atomic mass is 10.0. The summed E-state index contributed by atoms with van der Waals surface area (Å²) in [5.41, 5.74) is 2.35. The number of anilines is 4. The van der Waals surface area contributed by atoms with Gasteiger partial charge in [0.1, 0.15) is 6.07 Å². The smallest absolute Gasteiger partial charge is 0.407 e. The molecule has 0 radical (unpaired) electrons. The standard InChI is InChI=1S/C26H28ClN11O3/c1-40-21-13-36(12-19(21)33-26(39)41-2)17-10-37(11-17)20-6-14(7-28)5-18(22(20)27)32-25-34-23(31-15-3-4-15)24-30-9-16(8-29)38(24)35-25/h5-6,9,15,17,19,21H,3-4,10-13H2,1-2H3,(H,33,39)(H2,31,32,34,35)/t19-,21-/m0/s1. The van der Waals surface area contributed by atoms with Crippen LogP contribution in [-0.4, -0.2) is 95.2 Å². The summed E-state index contributed by atoms with van der Waals surface area (Å²) in [7, 11) is 2.97. The number of hydrogen-bond acceptors (Lipinski definition) is 12. The van der Waals surface area contributed by atoms with E-state index in [0.717, 1.165) is 12.8 Å². The van der Waals surface area contributed by atoms with Crippen molar-refractivity contribution in [3.8, 4) is 12.1 Å². The molecule has 3 N–H and O–H groups in total. The molecule has 1 aliphatic carbocycles. The molecule has 2 saturated heterocycles. The van der Waals surface area contributed by atoms with Crippen LogP contribution in [0.5, 0.6) is 0 Å². The molecule has 15 heteroatoms. The molecule has 0 bridgehead atoms. The maximum absolute atomic E-state index is 11.7. The predicted octanol–water partition coefficient (Wildman–Crippen LogP) is 2.08. The Kier molecular flexibility index (Phi) is 7.13. The number of carbonyl (C=O) groups is 1. The molecular formula is C26H28ClN11O3. The molecular weight excluding hydrogens is 550 g/mol. The van der Waals surface area contributed by atoms with E-state index in [4.69, 9.17) is 21.1 Å². The SMILES string of the molecule is COC(=O)N[C@H]1CN(C2CN(c3cc(C#N)cc(Nc4nc(NC5CC5)c5ncc(C#N)n5n4)c3Cl)C2)C[C@@H]1OC. The number of rotatable bonds is 8. The highest BCUT2D eigenvalue weighted by molar-refractivity contribution is 6.36. The summed E-state index contributed by atoms with van der Waals surface area (Å²) < 4.78 is 11.8. The van der Waals surface area contributed by atoms with Crippen molar-refractivity contribution in [2.45, 2.75) is 37.1 Å². The van der Waals surface area contributed by atoms with Gasteiger partial charge in [-0.3, -0.25) is 4.90 Å². The molecule has 4 heterocycles. The molecule has 212 valence electrons. The highest BCUT2D eigenvalue weighted by Crippen LogP contribution is 2.39. The van der Waals surface area contributed by atoms with E-state index in [1.807, 2.05) is 0 Å². The summed E-state index contributed by atoms with van der Waals surface area (Å²) in [5, 5.41) is 33.5. The Morgan fingerprint density at radius 3 is 2.63 bits per heavy atom. The van der Waals surface area contributed by atoms with Gasteiger partial charge in [-0.15, -0.1) is 5.10 Å². The third kappa shape index (κ3) is 5.25. The molecule has 6 rings (SSSR count). The molecule has 2 aliphatic heterocycles. The minimum absolute atomic E-state index is 0.141. The average molecular weight is 578 g/mol. The molecule has 3 aromatic rings. The molecule has 3 aliphatic rings. The molecule has 1 aromatic carbocycles. The van der Waals surface area contributed by atoms with Gasteiger partial charge in [0.25, 0.3) is 0 Å². The van der Waals surface area contributed by atoms with Gasteiger partial charge in [0.15, 0.2) is 17.2 Å². The van der Waals surface area contributed by atoms with Crippen LogP contribution in [0.1, 0.15) is 24.1 Å². The van der Waals surface area contributed by atoms with E-state index in [0.29, 0.717) is 65.6 Å². The van der Waals surface area contributed by atoms with E-state index in [-0.39, 0.29) is 29.8 Å². The predicted molar refractivity (Wildman–Crippen MR) is 149 cm³/mol. The van der Waals surface area contributed by atoms with Crippen LogP contribution in [0.4, 0.5) is 27.9 Å². The number of alkyl carbamates (subject to hydrolysis) is 1. The Hall–Kier alpha value is -4.37. The van der Waals surface area contributed by atoms with Crippen molar-refractivity contribution in [2.75, 3.05) is 55.9 Å². The van der Waals surface area contributed by atoms with Gasteiger partial charge in [0, 0.05) is 45.4 Å². The number of benzene rings is 1. The fourth-order valence-electron chi connectivity index (χ4n) is 5.22. The number of amides is 1. The average Bonchev–Trinajstić information content (AvgIpc) is 3.53. The maximum Gasteiger partial charge on any atom is 0.407 e. The summed E-state index contributed by atoms with van der Waals surface area (Å²) in [6, 6.07) is 8.08. The monoisotopic (exact) mass is 577 g/mol. The van der Waals surface area contributed by atoms with Crippen LogP contribution in [-0.2, 0) is 9.47 Å². The van der Waals surface area contributed by atoms with Gasteiger partial charge in [0.2, 0.25) is 5.95 Å². The van der Waals surface area contributed by atoms with Gasteiger partial charge in [-0.2, -0.15) is 20.0 Å². The zero-order chi connectivity index (χ0) is 28.7. The molecule has 0 spiro atoms. The van der Waals surface area contributed by atoms with Gasteiger partial charge in [-0.05, 0) is 25.0 Å². The second-order valence-corrected chi connectivity index (χ2v) is 10.7. The maximum atomic E-state index is 11.7. The van der Waals surface area contributed by atoms with Crippen LogP contribution in [0.3, 0.4) is 0 Å². The lowest BCUT2D eigenvalue weighted by molar-refractivity contribution is 0.0812. The topological polar surface area (TPSA) is 169 Å². The van der Waals surface area contributed by atoms with Crippen molar-refractivity contribution in [2.24, 2.45) is 0 Å². The summed E-state index contributed by atoms with van der Waals surface area (Å²) >= 11 is 6.88. The first kappa shape index (κ1) is 26.8. The first-order valence-corrected chi connectivity index (χ1v) is 13.6.